The van der Waals surface area contributed by atoms with E-state index < -0.39 is 0 Å². The first-order chi connectivity index (χ1) is 15.9. The molecule has 0 fully saturated rings. The number of carbonyl (C=O) groups is 1. The van der Waals surface area contributed by atoms with E-state index in [1.54, 1.807) is 45.6 Å². The van der Waals surface area contributed by atoms with E-state index in [1.165, 1.54) is 11.3 Å². The molecule has 1 aromatic heterocycles. The number of ether oxygens (including phenoxy) is 4. The fourth-order valence-corrected chi connectivity index (χ4v) is 4.05. The van der Waals surface area contributed by atoms with E-state index in [0.717, 1.165) is 16.5 Å². The Labute approximate surface area is 198 Å². The first kappa shape index (κ1) is 24.4. The van der Waals surface area contributed by atoms with Crippen LogP contribution in [0, 0.1) is 5.92 Å². The van der Waals surface area contributed by atoms with Crippen LogP contribution in [-0.2, 0) is 13.2 Å². The van der Waals surface area contributed by atoms with Crippen molar-refractivity contribution in [3.8, 4) is 23.0 Å². The largest absolute Gasteiger partial charge is 0.497 e. The van der Waals surface area contributed by atoms with Gasteiger partial charge < -0.3 is 23.8 Å². The number of hydrogen-bond acceptors (Lipinski definition) is 7. The summed E-state index contributed by atoms with van der Waals surface area (Å²) in [6, 6.07) is 12.6. The Morgan fingerprint density at radius 3 is 2.24 bits per heavy atom. The van der Waals surface area contributed by atoms with Gasteiger partial charge in [-0.25, -0.2) is 4.98 Å². The zero-order valence-corrected chi connectivity index (χ0v) is 20.5. The van der Waals surface area contributed by atoms with Crippen LogP contribution in [0.1, 0.15) is 34.9 Å². The molecule has 0 N–H and O–H groups in total. The van der Waals surface area contributed by atoms with Crippen LogP contribution in [0.2, 0.25) is 0 Å². The van der Waals surface area contributed by atoms with Gasteiger partial charge in [0, 0.05) is 17.5 Å². The summed E-state index contributed by atoms with van der Waals surface area (Å²) in [5.41, 5.74) is 1.45. The number of rotatable bonds is 11. The van der Waals surface area contributed by atoms with Crippen LogP contribution < -0.4 is 18.9 Å². The van der Waals surface area contributed by atoms with E-state index in [9.17, 15) is 4.79 Å². The number of aromatic nitrogens is 1. The topological polar surface area (TPSA) is 70.1 Å². The van der Waals surface area contributed by atoms with Crippen molar-refractivity contribution in [3.63, 3.8) is 0 Å². The summed E-state index contributed by atoms with van der Waals surface area (Å²) in [5, 5.41) is 2.77. The second-order valence-corrected chi connectivity index (χ2v) is 8.76. The van der Waals surface area contributed by atoms with Gasteiger partial charge in [0.2, 0.25) is 5.75 Å². The van der Waals surface area contributed by atoms with Crippen molar-refractivity contribution in [2.24, 2.45) is 5.92 Å². The SMILES string of the molecule is COc1ccc(C(=O)N(Cc2csc(COc3c(OC)cccc3OC)n2)CC(C)C)cc1. The normalized spacial score (nSPS) is 10.7. The maximum absolute atomic E-state index is 13.2. The minimum absolute atomic E-state index is 0.0316. The maximum Gasteiger partial charge on any atom is 0.254 e. The lowest BCUT2D eigenvalue weighted by Gasteiger charge is -2.24. The number of methoxy groups -OCH3 is 3. The van der Waals surface area contributed by atoms with Crippen LogP contribution >= 0.6 is 11.3 Å². The van der Waals surface area contributed by atoms with Crippen molar-refractivity contribution in [1.29, 1.82) is 0 Å². The molecule has 1 amide bonds. The lowest BCUT2D eigenvalue weighted by molar-refractivity contribution is 0.0720. The van der Waals surface area contributed by atoms with E-state index in [4.69, 9.17) is 18.9 Å². The molecule has 0 unspecified atom stereocenters. The van der Waals surface area contributed by atoms with E-state index >= 15 is 0 Å². The maximum atomic E-state index is 13.2. The van der Waals surface area contributed by atoms with Gasteiger partial charge in [-0.1, -0.05) is 19.9 Å². The predicted molar refractivity (Wildman–Crippen MR) is 129 cm³/mol. The van der Waals surface area contributed by atoms with Gasteiger partial charge in [0.1, 0.15) is 17.4 Å². The summed E-state index contributed by atoms with van der Waals surface area (Å²) in [5.74, 6) is 2.74. The van der Waals surface area contributed by atoms with Crippen molar-refractivity contribution in [2.45, 2.75) is 27.0 Å². The van der Waals surface area contributed by atoms with E-state index in [-0.39, 0.29) is 12.5 Å². The van der Waals surface area contributed by atoms with Crippen molar-refractivity contribution >= 4 is 17.2 Å². The van der Waals surface area contributed by atoms with Gasteiger partial charge in [-0.2, -0.15) is 0 Å². The van der Waals surface area contributed by atoms with E-state index in [1.807, 2.05) is 28.5 Å². The second-order valence-electron chi connectivity index (χ2n) is 7.82. The van der Waals surface area contributed by atoms with E-state index in [2.05, 4.69) is 18.8 Å². The first-order valence-electron chi connectivity index (χ1n) is 10.7. The number of hydrogen-bond donors (Lipinski definition) is 0. The second kappa shape index (κ2) is 11.6. The molecule has 0 atom stereocenters. The Hall–Kier alpha value is -3.26. The third kappa shape index (κ3) is 6.38. The molecule has 2 aromatic carbocycles. The number of amides is 1. The number of para-hydroxylation sites is 1. The first-order valence-corrected chi connectivity index (χ1v) is 11.5. The van der Waals surface area contributed by atoms with Gasteiger partial charge in [0.15, 0.2) is 11.5 Å². The Bertz CT molecular complexity index is 1030. The van der Waals surface area contributed by atoms with Crippen molar-refractivity contribution < 1.29 is 23.7 Å². The molecule has 0 radical (unpaired) electrons. The van der Waals surface area contributed by atoms with Crippen molar-refractivity contribution in [1.82, 2.24) is 9.88 Å². The zero-order valence-electron chi connectivity index (χ0n) is 19.7. The highest BCUT2D eigenvalue weighted by Crippen LogP contribution is 2.37. The Morgan fingerprint density at radius 2 is 1.67 bits per heavy atom. The molecule has 0 aliphatic carbocycles. The molecule has 33 heavy (non-hydrogen) atoms. The molecule has 1 heterocycles. The summed E-state index contributed by atoms with van der Waals surface area (Å²) in [6.07, 6.45) is 0. The molecule has 7 nitrogen and oxygen atoms in total. The monoisotopic (exact) mass is 470 g/mol. The lowest BCUT2D eigenvalue weighted by Crippen LogP contribution is -2.33. The van der Waals surface area contributed by atoms with Crippen LogP contribution in [0.25, 0.3) is 0 Å². The summed E-state index contributed by atoms with van der Waals surface area (Å²) >= 11 is 1.50. The minimum Gasteiger partial charge on any atom is -0.497 e. The average molecular weight is 471 g/mol. The smallest absolute Gasteiger partial charge is 0.254 e. The number of nitrogens with zero attached hydrogens (tertiary/aromatic N) is 2. The molecule has 3 aromatic rings. The van der Waals surface area contributed by atoms with Crippen LogP contribution in [0.4, 0.5) is 0 Å². The highest BCUT2D eigenvalue weighted by Gasteiger charge is 2.19. The van der Waals surface area contributed by atoms with Crippen molar-refractivity contribution in [2.75, 3.05) is 27.9 Å². The lowest BCUT2D eigenvalue weighted by atomic mass is 10.1. The molecule has 8 heteroatoms. The molecule has 0 aliphatic rings. The molecule has 0 bridgehead atoms. The third-order valence-corrected chi connectivity index (χ3v) is 5.76. The number of carbonyl (C=O) groups excluding carboxylic acids is 1. The van der Waals surface area contributed by atoms with Gasteiger partial charge in [0.05, 0.1) is 33.6 Å². The highest BCUT2D eigenvalue weighted by molar-refractivity contribution is 7.09. The van der Waals surface area contributed by atoms with Crippen LogP contribution in [-0.4, -0.2) is 43.7 Å². The summed E-state index contributed by atoms with van der Waals surface area (Å²) in [6.45, 7) is 5.52. The Balaban J connectivity index is 1.70. The van der Waals surface area contributed by atoms with Crippen LogP contribution in [0.3, 0.4) is 0 Å². The number of thiazole rings is 1. The fraction of sp³-hybridized carbons (Fsp3) is 0.360. The van der Waals surface area contributed by atoms with Gasteiger partial charge in [-0.3, -0.25) is 4.79 Å². The molecule has 176 valence electrons. The van der Waals surface area contributed by atoms with Crippen LogP contribution in [0.5, 0.6) is 23.0 Å². The fourth-order valence-electron chi connectivity index (χ4n) is 3.35. The average Bonchev–Trinajstić information content (AvgIpc) is 3.28. The molecular weight excluding hydrogens is 440 g/mol. The van der Waals surface area contributed by atoms with E-state index in [0.29, 0.717) is 41.8 Å². The molecule has 0 saturated heterocycles. The predicted octanol–water partition coefficient (Wildman–Crippen LogP) is 5.05. The quantitative estimate of drug-likeness (QED) is 0.391. The third-order valence-electron chi connectivity index (χ3n) is 4.88. The summed E-state index contributed by atoms with van der Waals surface area (Å²) in [4.78, 5) is 19.7. The number of benzene rings is 2. The van der Waals surface area contributed by atoms with Gasteiger partial charge in [-0.15, -0.1) is 11.3 Å². The highest BCUT2D eigenvalue weighted by atomic mass is 32.1. The molecular formula is C25H30N2O5S. The van der Waals surface area contributed by atoms with Gasteiger partial charge >= 0.3 is 0 Å². The standard InChI is InChI=1S/C25H30N2O5S/c1-17(2)13-27(25(28)18-9-11-20(29-3)12-10-18)14-19-16-33-23(26-19)15-32-24-21(30-4)7-6-8-22(24)31-5/h6-12,16-17H,13-15H2,1-5H3. The minimum atomic E-state index is -0.0316. The van der Waals surface area contributed by atoms with Crippen LogP contribution in [0.15, 0.2) is 47.8 Å². The van der Waals surface area contributed by atoms with Gasteiger partial charge in [0.25, 0.3) is 5.91 Å². The zero-order chi connectivity index (χ0) is 23.8. The Morgan fingerprint density at radius 1 is 1.00 bits per heavy atom. The summed E-state index contributed by atoms with van der Waals surface area (Å²) < 4.78 is 21.9. The Kier molecular flexibility index (Phi) is 8.54. The molecule has 0 aliphatic heterocycles. The molecule has 0 spiro atoms. The van der Waals surface area contributed by atoms with Gasteiger partial charge in [-0.05, 0) is 42.3 Å². The molecule has 3 rings (SSSR count). The summed E-state index contributed by atoms with van der Waals surface area (Å²) in [7, 11) is 4.79. The van der Waals surface area contributed by atoms with Crippen molar-refractivity contribution in [3.05, 3.63) is 64.1 Å². The molecule has 0 saturated carbocycles.